The minimum atomic E-state index is -0.427. The quantitative estimate of drug-likeness (QED) is 0.639. The van der Waals surface area contributed by atoms with Crippen LogP contribution in [0.2, 0.25) is 0 Å². The molecule has 1 saturated heterocycles. The maximum absolute atomic E-state index is 11.3. The summed E-state index contributed by atoms with van der Waals surface area (Å²) in [6.45, 7) is 4.14. The Bertz CT molecular complexity index is 259. The van der Waals surface area contributed by atoms with Gasteiger partial charge < -0.3 is 9.57 Å². The van der Waals surface area contributed by atoms with Crippen molar-refractivity contribution >= 4 is 11.9 Å². The van der Waals surface area contributed by atoms with Crippen LogP contribution in [0, 0.1) is 0 Å². The van der Waals surface area contributed by atoms with Crippen LogP contribution in [0.4, 0.5) is 0 Å². The van der Waals surface area contributed by atoms with E-state index in [-0.39, 0.29) is 12.3 Å². The van der Waals surface area contributed by atoms with E-state index in [0.717, 1.165) is 5.06 Å². The zero-order valence-corrected chi connectivity index (χ0v) is 8.82. The molecule has 0 radical (unpaired) electrons. The van der Waals surface area contributed by atoms with Crippen molar-refractivity contribution in [2.24, 2.45) is 0 Å². The van der Waals surface area contributed by atoms with E-state index in [1.54, 1.807) is 7.11 Å². The molecule has 84 valence electrons. The highest BCUT2D eigenvalue weighted by atomic mass is 16.7. The zero-order valence-electron chi connectivity index (χ0n) is 8.82. The molecule has 1 aliphatic rings. The predicted molar refractivity (Wildman–Crippen MR) is 52.4 cm³/mol. The first-order valence-electron chi connectivity index (χ1n) is 4.85. The Morgan fingerprint density at radius 2 is 2.27 bits per heavy atom. The summed E-state index contributed by atoms with van der Waals surface area (Å²) in [6.07, 6.45) is 1.75. The molecular weight excluding hydrogens is 198 g/mol. The van der Waals surface area contributed by atoms with E-state index in [4.69, 9.17) is 9.57 Å². The fourth-order valence-electron chi connectivity index (χ4n) is 1.25. The van der Waals surface area contributed by atoms with Gasteiger partial charge in [-0.1, -0.05) is 6.58 Å². The number of carbonyl (C=O) groups is 2. The summed E-state index contributed by atoms with van der Waals surface area (Å²) >= 11 is 0. The van der Waals surface area contributed by atoms with Crippen molar-refractivity contribution in [3.8, 4) is 0 Å². The van der Waals surface area contributed by atoms with Gasteiger partial charge in [0.05, 0.1) is 12.1 Å². The molecule has 1 amide bonds. The number of hydrogen-bond acceptors (Lipinski definition) is 4. The second-order valence-electron chi connectivity index (χ2n) is 3.31. The van der Waals surface area contributed by atoms with Crippen LogP contribution in [0.25, 0.3) is 0 Å². The van der Waals surface area contributed by atoms with E-state index in [1.165, 1.54) is 0 Å². The van der Waals surface area contributed by atoms with Crippen LogP contribution < -0.4 is 0 Å². The standard InChI is InChI=1S/C10H15NO4/c1-8-5-6-9(12)11(8)15-10(13)4-3-7-14-2/h1,3-7H2,2H3. The summed E-state index contributed by atoms with van der Waals surface area (Å²) in [7, 11) is 1.57. The second-order valence-corrected chi connectivity index (χ2v) is 3.31. The van der Waals surface area contributed by atoms with E-state index in [1.807, 2.05) is 0 Å². The molecule has 0 N–H and O–H groups in total. The lowest BCUT2D eigenvalue weighted by Crippen LogP contribution is -2.26. The number of ether oxygens (including phenoxy) is 1. The average molecular weight is 213 g/mol. The van der Waals surface area contributed by atoms with Crippen molar-refractivity contribution in [3.05, 3.63) is 12.3 Å². The van der Waals surface area contributed by atoms with E-state index >= 15 is 0 Å². The van der Waals surface area contributed by atoms with Crippen LogP contribution in [-0.2, 0) is 19.2 Å². The molecule has 1 aliphatic heterocycles. The molecule has 0 aromatic rings. The zero-order chi connectivity index (χ0) is 11.3. The Kier molecular flexibility index (Phi) is 4.30. The van der Waals surface area contributed by atoms with Crippen molar-refractivity contribution in [2.75, 3.05) is 13.7 Å². The van der Waals surface area contributed by atoms with Gasteiger partial charge in [0.2, 0.25) is 0 Å². The van der Waals surface area contributed by atoms with E-state index < -0.39 is 5.97 Å². The molecule has 0 bridgehead atoms. The molecule has 0 aromatic carbocycles. The van der Waals surface area contributed by atoms with Crippen molar-refractivity contribution in [2.45, 2.75) is 25.7 Å². The van der Waals surface area contributed by atoms with E-state index in [2.05, 4.69) is 6.58 Å². The lowest BCUT2D eigenvalue weighted by Gasteiger charge is -2.15. The van der Waals surface area contributed by atoms with Gasteiger partial charge in [-0.2, -0.15) is 0 Å². The average Bonchev–Trinajstić information content (AvgIpc) is 2.50. The molecular formula is C10H15NO4. The topological polar surface area (TPSA) is 55.8 Å². The molecule has 1 rings (SSSR count). The third kappa shape index (κ3) is 3.36. The SMILES string of the molecule is C=C1CCC(=O)N1OC(=O)CCCOC. The molecule has 0 atom stereocenters. The monoisotopic (exact) mass is 213 g/mol. The summed E-state index contributed by atoms with van der Waals surface area (Å²) in [6, 6.07) is 0. The largest absolute Gasteiger partial charge is 0.385 e. The number of hydrogen-bond donors (Lipinski definition) is 0. The van der Waals surface area contributed by atoms with Crippen molar-refractivity contribution in [1.82, 2.24) is 5.06 Å². The van der Waals surface area contributed by atoms with Crippen LogP contribution in [-0.4, -0.2) is 30.7 Å². The maximum atomic E-state index is 11.3. The van der Waals surface area contributed by atoms with Gasteiger partial charge in [-0.15, -0.1) is 5.06 Å². The highest BCUT2D eigenvalue weighted by Crippen LogP contribution is 2.21. The normalized spacial score (nSPS) is 15.9. The van der Waals surface area contributed by atoms with Crippen LogP contribution in [0.5, 0.6) is 0 Å². The number of nitrogens with zero attached hydrogens (tertiary/aromatic N) is 1. The minimum absolute atomic E-state index is 0.208. The fourth-order valence-corrected chi connectivity index (χ4v) is 1.25. The van der Waals surface area contributed by atoms with Gasteiger partial charge in [0.25, 0.3) is 5.91 Å². The van der Waals surface area contributed by atoms with Gasteiger partial charge in [-0.3, -0.25) is 4.79 Å². The molecule has 0 aromatic heterocycles. The first-order valence-corrected chi connectivity index (χ1v) is 4.85. The first-order chi connectivity index (χ1) is 7.15. The molecule has 5 heteroatoms. The number of carbonyl (C=O) groups excluding carboxylic acids is 2. The molecule has 15 heavy (non-hydrogen) atoms. The number of rotatable bonds is 5. The van der Waals surface area contributed by atoms with Gasteiger partial charge in [-0.25, -0.2) is 4.79 Å². The number of methoxy groups -OCH3 is 1. The Morgan fingerprint density at radius 3 is 2.80 bits per heavy atom. The van der Waals surface area contributed by atoms with E-state index in [0.29, 0.717) is 31.6 Å². The second kappa shape index (κ2) is 5.50. The van der Waals surface area contributed by atoms with Crippen LogP contribution in [0.1, 0.15) is 25.7 Å². The Hall–Kier alpha value is -1.36. The molecule has 0 saturated carbocycles. The first kappa shape index (κ1) is 11.7. The summed E-state index contributed by atoms with van der Waals surface area (Å²) < 4.78 is 4.80. The molecule has 1 fully saturated rings. The van der Waals surface area contributed by atoms with Gasteiger partial charge in [0.1, 0.15) is 0 Å². The number of allylic oxidation sites excluding steroid dienone is 1. The Labute approximate surface area is 88.6 Å². The van der Waals surface area contributed by atoms with Crippen molar-refractivity contribution in [1.29, 1.82) is 0 Å². The lowest BCUT2D eigenvalue weighted by atomic mass is 10.3. The molecule has 1 heterocycles. The summed E-state index contributed by atoms with van der Waals surface area (Å²) in [4.78, 5) is 27.3. The maximum Gasteiger partial charge on any atom is 0.333 e. The van der Waals surface area contributed by atoms with Crippen LogP contribution in [0.15, 0.2) is 12.3 Å². The van der Waals surface area contributed by atoms with Gasteiger partial charge in [0.15, 0.2) is 0 Å². The van der Waals surface area contributed by atoms with Gasteiger partial charge in [0, 0.05) is 20.1 Å². The summed E-state index contributed by atoms with van der Waals surface area (Å²) in [5, 5.41) is 0.995. The Balaban J connectivity index is 2.31. The van der Waals surface area contributed by atoms with Gasteiger partial charge in [-0.05, 0) is 12.8 Å². The minimum Gasteiger partial charge on any atom is -0.385 e. The molecule has 0 aliphatic carbocycles. The smallest absolute Gasteiger partial charge is 0.333 e. The highest BCUT2D eigenvalue weighted by molar-refractivity contribution is 5.82. The third-order valence-electron chi connectivity index (χ3n) is 2.06. The number of hydroxylamine groups is 2. The van der Waals surface area contributed by atoms with E-state index in [9.17, 15) is 9.59 Å². The molecule has 5 nitrogen and oxygen atoms in total. The van der Waals surface area contributed by atoms with Crippen molar-refractivity contribution < 1.29 is 19.2 Å². The number of amides is 1. The Morgan fingerprint density at radius 1 is 1.53 bits per heavy atom. The van der Waals surface area contributed by atoms with Gasteiger partial charge >= 0.3 is 5.97 Å². The summed E-state index contributed by atoms with van der Waals surface area (Å²) in [5.41, 5.74) is 0.542. The fraction of sp³-hybridized carbons (Fsp3) is 0.600. The summed E-state index contributed by atoms with van der Waals surface area (Å²) in [5.74, 6) is -0.636. The lowest BCUT2D eigenvalue weighted by molar-refractivity contribution is -0.186. The van der Waals surface area contributed by atoms with Crippen molar-refractivity contribution in [3.63, 3.8) is 0 Å². The van der Waals surface area contributed by atoms with Crippen LogP contribution >= 0.6 is 0 Å². The molecule has 0 unspecified atom stereocenters. The highest BCUT2D eigenvalue weighted by Gasteiger charge is 2.27. The third-order valence-corrected chi connectivity index (χ3v) is 2.06. The van der Waals surface area contributed by atoms with Crippen LogP contribution in [0.3, 0.4) is 0 Å². The molecule has 0 spiro atoms. The predicted octanol–water partition coefficient (Wildman–Crippen LogP) is 1.01.